The van der Waals surface area contributed by atoms with Crippen LogP contribution in [0, 0.1) is 16.7 Å². The highest BCUT2D eigenvalue weighted by atomic mass is 35.5. The molecule has 0 aliphatic carbocycles. The van der Waals surface area contributed by atoms with Crippen molar-refractivity contribution in [3.63, 3.8) is 0 Å². The van der Waals surface area contributed by atoms with Crippen molar-refractivity contribution in [3.05, 3.63) is 53.4 Å². The molecule has 0 saturated carbocycles. The molecule has 0 unspecified atom stereocenters. The highest BCUT2D eigenvalue weighted by molar-refractivity contribution is 7.07. The molecule has 1 aromatic carbocycles. The fraction of sp³-hybridized carbons (Fsp3) is 0.316. The first-order valence-corrected chi connectivity index (χ1v) is 9.53. The Hall–Kier alpha value is -1.87. The maximum Gasteiger partial charge on any atom is 0.269 e. The van der Waals surface area contributed by atoms with E-state index in [-0.39, 0.29) is 16.9 Å². The van der Waals surface area contributed by atoms with Crippen molar-refractivity contribution in [1.82, 2.24) is 4.57 Å². The Kier molecular flexibility index (Phi) is 6.13. The molecule has 2 rings (SSSR count). The molecule has 0 amide bonds. The average molecular weight is 409 g/mol. The first kappa shape index (κ1) is 20.4. The molecule has 0 atom stereocenters. The Morgan fingerprint density at radius 3 is 2.50 bits per heavy atom. The highest BCUT2D eigenvalue weighted by Gasteiger charge is 2.27. The van der Waals surface area contributed by atoms with Gasteiger partial charge in [-0.05, 0) is 30.7 Å². The fourth-order valence-electron chi connectivity index (χ4n) is 2.32. The van der Waals surface area contributed by atoms with Crippen LogP contribution in [0.15, 0.2) is 23.0 Å². The predicted octanol–water partition coefficient (Wildman–Crippen LogP) is 3.35. The van der Waals surface area contributed by atoms with E-state index < -0.39 is 5.41 Å². The third-order valence-electron chi connectivity index (χ3n) is 3.71. The summed E-state index contributed by atoms with van der Waals surface area (Å²) >= 11 is 13.2. The van der Waals surface area contributed by atoms with Crippen LogP contribution < -0.4 is 14.8 Å². The first-order valence-electron chi connectivity index (χ1n) is 7.95. The van der Waals surface area contributed by atoms with Crippen LogP contribution in [0.5, 0.6) is 0 Å². The summed E-state index contributed by atoms with van der Waals surface area (Å²) in [7, 11) is 0. The van der Waals surface area contributed by atoms with Gasteiger partial charge in [-0.15, -0.1) is 11.3 Å². The van der Waals surface area contributed by atoms with E-state index in [9.17, 15) is 14.9 Å². The van der Waals surface area contributed by atoms with Gasteiger partial charge in [-0.25, -0.2) is 0 Å². The van der Waals surface area contributed by atoms with Gasteiger partial charge in [0.05, 0.1) is 4.53 Å². The van der Waals surface area contributed by atoms with Crippen LogP contribution in [0.1, 0.15) is 33.3 Å². The van der Waals surface area contributed by atoms with Crippen LogP contribution in [-0.2, 0) is 11.3 Å². The molecule has 26 heavy (non-hydrogen) atoms. The number of ketones is 1. The van der Waals surface area contributed by atoms with Crippen LogP contribution in [0.2, 0.25) is 10.0 Å². The Morgan fingerprint density at radius 1 is 1.35 bits per heavy atom. The molecule has 0 aliphatic heterocycles. The Morgan fingerprint density at radius 2 is 2.00 bits per heavy atom. The van der Waals surface area contributed by atoms with E-state index in [2.05, 4.69) is 0 Å². The molecule has 7 heteroatoms. The van der Waals surface area contributed by atoms with E-state index >= 15 is 0 Å². The van der Waals surface area contributed by atoms with E-state index in [1.54, 1.807) is 52.0 Å². The van der Waals surface area contributed by atoms with Gasteiger partial charge in [0.1, 0.15) is 16.3 Å². The monoisotopic (exact) mass is 408 g/mol. The summed E-state index contributed by atoms with van der Waals surface area (Å²) in [5.74, 6) is -0.292. The Balaban J connectivity index is 2.85. The predicted molar refractivity (Wildman–Crippen MR) is 107 cm³/mol. The second-order valence-corrected chi connectivity index (χ2v) is 8.57. The molecule has 0 N–H and O–H groups in total. The van der Waals surface area contributed by atoms with Crippen LogP contribution in [0.4, 0.5) is 0 Å². The summed E-state index contributed by atoms with van der Waals surface area (Å²) in [5.41, 5.74) is -0.325. The number of nitrogens with zero attached hydrogens (tertiary/aromatic N) is 2. The molecule has 0 bridgehead atoms. The number of halogens is 2. The largest absolute Gasteiger partial charge is 0.298 e. The molecule has 0 spiro atoms. The third-order valence-corrected chi connectivity index (χ3v) is 5.40. The molecule has 0 aliphatic rings. The maximum atomic E-state index is 12.7. The quantitative estimate of drug-likeness (QED) is 0.781. The number of aromatic nitrogens is 1. The van der Waals surface area contributed by atoms with Gasteiger partial charge >= 0.3 is 0 Å². The van der Waals surface area contributed by atoms with Crippen molar-refractivity contribution in [1.29, 1.82) is 5.26 Å². The van der Waals surface area contributed by atoms with Crippen molar-refractivity contribution in [2.24, 2.45) is 5.41 Å². The van der Waals surface area contributed by atoms with Gasteiger partial charge in [0.2, 0.25) is 0 Å². The number of carbonyl (C=O) groups is 1. The highest BCUT2D eigenvalue weighted by Crippen LogP contribution is 2.21. The Bertz CT molecular complexity index is 1080. The molecule has 136 valence electrons. The van der Waals surface area contributed by atoms with Gasteiger partial charge in [-0.1, -0.05) is 50.0 Å². The maximum absolute atomic E-state index is 12.7. The van der Waals surface area contributed by atoms with Crippen LogP contribution in [0.25, 0.3) is 11.6 Å². The zero-order valence-corrected chi connectivity index (χ0v) is 17.2. The summed E-state index contributed by atoms with van der Waals surface area (Å²) in [6.45, 7) is 7.39. The fourth-order valence-corrected chi connectivity index (χ4v) is 3.94. The van der Waals surface area contributed by atoms with Crippen LogP contribution in [0.3, 0.4) is 0 Å². The van der Waals surface area contributed by atoms with Gasteiger partial charge in [-0.3, -0.25) is 14.2 Å². The topological polar surface area (TPSA) is 62.9 Å². The standard InChI is InChI=1S/C19H18Cl2N2O2S/c1-5-23-17(25)15(8-11-6-7-12(20)9-14(11)21)26-18(23)13(10-22)16(24)19(2,3)4/h6-9H,5H2,1-4H3/b15-8+,18-13-. The van der Waals surface area contributed by atoms with Crippen molar-refractivity contribution in [2.45, 2.75) is 34.2 Å². The molecule has 0 radical (unpaired) electrons. The molecule has 4 nitrogen and oxygen atoms in total. The lowest BCUT2D eigenvalue weighted by atomic mass is 9.87. The lowest BCUT2D eigenvalue weighted by Crippen LogP contribution is -2.33. The third kappa shape index (κ3) is 4.09. The van der Waals surface area contributed by atoms with Gasteiger partial charge in [0, 0.05) is 22.0 Å². The molecular weight excluding hydrogens is 391 g/mol. The second kappa shape index (κ2) is 7.79. The summed E-state index contributed by atoms with van der Waals surface area (Å²) in [4.78, 5) is 25.4. The zero-order chi connectivity index (χ0) is 19.6. The minimum Gasteiger partial charge on any atom is -0.298 e. The molecule has 1 heterocycles. The molecule has 0 saturated heterocycles. The summed E-state index contributed by atoms with van der Waals surface area (Å²) in [5, 5.41) is 10.5. The number of rotatable bonds is 3. The lowest BCUT2D eigenvalue weighted by Gasteiger charge is -2.15. The van der Waals surface area contributed by atoms with Crippen molar-refractivity contribution in [3.8, 4) is 6.07 Å². The average Bonchev–Trinajstić information content (AvgIpc) is 2.85. The summed E-state index contributed by atoms with van der Waals surface area (Å²) < 4.78 is 2.22. The van der Waals surface area contributed by atoms with E-state index in [0.717, 1.165) is 11.3 Å². The smallest absolute Gasteiger partial charge is 0.269 e. The number of Topliss-reactive ketones (excluding diaryl/α,β-unsaturated/α-hetero) is 1. The number of nitriles is 1. The molecular formula is C19H18Cl2N2O2S. The van der Waals surface area contributed by atoms with Crippen LogP contribution >= 0.6 is 34.5 Å². The number of thiazole rings is 1. The second-order valence-electron chi connectivity index (χ2n) is 6.70. The minimum atomic E-state index is -0.715. The first-order chi connectivity index (χ1) is 12.1. The Labute approximate surface area is 165 Å². The zero-order valence-electron chi connectivity index (χ0n) is 14.9. The summed E-state index contributed by atoms with van der Waals surface area (Å²) in [6, 6.07) is 6.98. The molecule has 0 fully saturated rings. The van der Waals surface area contributed by atoms with Gasteiger partial charge < -0.3 is 0 Å². The van der Waals surface area contributed by atoms with Crippen molar-refractivity contribution >= 4 is 52.0 Å². The van der Waals surface area contributed by atoms with E-state index in [1.807, 2.05) is 6.07 Å². The minimum absolute atomic E-state index is 0.00306. The SMILES string of the molecule is CCn1c(=O)/c(=C\c2ccc(Cl)cc2Cl)s/c1=C(/C#N)C(=O)C(C)(C)C. The van der Waals surface area contributed by atoms with Gasteiger partial charge in [-0.2, -0.15) is 5.26 Å². The normalized spacial score (nSPS) is 13.5. The van der Waals surface area contributed by atoms with Crippen LogP contribution in [-0.4, -0.2) is 10.4 Å². The van der Waals surface area contributed by atoms with E-state index in [0.29, 0.717) is 31.3 Å². The van der Waals surface area contributed by atoms with Gasteiger partial charge in [0.25, 0.3) is 5.56 Å². The van der Waals surface area contributed by atoms with Gasteiger partial charge in [0.15, 0.2) is 5.78 Å². The van der Waals surface area contributed by atoms with E-state index in [4.69, 9.17) is 23.2 Å². The molecule has 2 aromatic rings. The van der Waals surface area contributed by atoms with E-state index in [1.165, 1.54) is 4.57 Å². The number of benzene rings is 1. The number of carbonyl (C=O) groups excluding carboxylic acids is 1. The number of hydrogen-bond acceptors (Lipinski definition) is 4. The van der Waals surface area contributed by atoms with Crippen molar-refractivity contribution in [2.75, 3.05) is 0 Å². The molecule has 1 aromatic heterocycles. The summed E-state index contributed by atoms with van der Waals surface area (Å²) in [6.07, 6.45) is 1.65. The van der Waals surface area contributed by atoms with Crippen molar-refractivity contribution < 1.29 is 4.79 Å². The lowest BCUT2D eigenvalue weighted by molar-refractivity contribution is -0.120. The number of hydrogen-bond donors (Lipinski definition) is 0.